The van der Waals surface area contributed by atoms with Crippen LogP contribution in [0.5, 0.6) is 0 Å². The zero-order valence-electron chi connectivity index (χ0n) is 13.2. The first-order valence-electron chi connectivity index (χ1n) is 6.51. The maximum absolute atomic E-state index is 12.8. The molecular formula is C12H17F6N3O3. The Hall–Kier alpha value is -2.01. The highest BCUT2D eigenvalue weighted by Crippen LogP contribution is 2.41. The number of carbonyl (C=O) groups is 3. The molecular weight excluding hydrogens is 348 g/mol. The number of nitrogens with zero attached hydrogens (tertiary/aromatic N) is 1. The van der Waals surface area contributed by atoms with Crippen LogP contribution in [0.2, 0.25) is 0 Å². The molecule has 0 aliphatic heterocycles. The van der Waals surface area contributed by atoms with Gasteiger partial charge in [-0.1, -0.05) is 0 Å². The van der Waals surface area contributed by atoms with Crippen molar-refractivity contribution in [3.63, 3.8) is 0 Å². The van der Waals surface area contributed by atoms with Gasteiger partial charge in [-0.25, -0.2) is 0 Å². The van der Waals surface area contributed by atoms with E-state index in [1.54, 1.807) is 5.32 Å². The molecule has 1 unspecified atom stereocenters. The lowest BCUT2D eigenvalue weighted by atomic mass is 9.97. The van der Waals surface area contributed by atoms with Gasteiger partial charge in [-0.2, -0.15) is 26.3 Å². The van der Waals surface area contributed by atoms with E-state index >= 15 is 0 Å². The fourth-order valence-corrected chi connectivity index (χ4v) is 1.83. The van der Waals surface area contributed by atoms with Gasteiger partial charge in [0, 0.05) is 21.0 Å². The van der Waals surface area contributed by atoms with Gasteiger partial charge in [0.15, 0.2) is 5.92 Å². The molecule has 0 rings (SSSR count). The van der Waals surface area contributed by atoms with Gasteiger partial charge in [0.2, 0.25) is 17.7 Å². The topological polar surface area (TPSA) is 78.5 Å². The number of halogens is 6. The standard InChI is InChI=1S/C12H17F6N3O3/c1-5(10(24)21(3)4)19-9(23)7(20-6(2)22)8(11(13,14)15)12(16,17)18/h5,7-8H,1-4H3,(H,19,23)(H,20,22)/t5-,7?/m0/s1. The fourth-order valence-electron chi connectivity index (χ4n) is 1.83. The minimum absolute atomic E-state index is 0.665. The minimum Gasteiger partial charge on any atom is -0.347 e. The number of carbonyl (C=O) groups excluding carboxylic acids is 3. The van der Waals surface area contributed by atoms with Crippen molar-refractivity contribution in [3.05, 3.63) is 0 Å². The summed E-state index contributed by atoms with van der Waals surface area (Å²) in [4.78, 5) is 35.4. The van der Waals surface area contributed by atoms with Gasteiger partial charge in [0.25, 0.3) is 0 Å². The van der Waals surface area contributed by atoms with Crippen LogP contribution in [0.25, 0.3) is 0 Å². The number of likely N-dealkylation sites (N-methyl/N-ethyl adjacent to an activating group) is 1. The quantitative estimate of drug-likeness (QED) is 0.709. The van der Waals surface area contributed by atoms with Crippen molar-refractivity contribution in [3.8, 4) is 0 Å². The second kappa shape index (κ2) is 7.71. The molecule has 6 nitrogen and oxygen atoms in total. The summed E-state index contributed by atoms with van der Waals surface area (Å²) in [6.07, 6.45) is -11.7. The number of rotatable bonds is 5. The van der Waals surface area contributed by atoms with E-state index in [-0.39, 0.29) is 0 Å². The summed E-state index contributed by atoms with van der Waals surface area (Å²) in [5, 5.41) is 3.10. The highest BCUT2D eigenvalue weighted by atomic mass is 19.4. The zero-order valence-corrected chi connectivity index (χ0v) is 13.2. The maximum Gasteiger partial charge on any atom is 0.403 e. The largest absolute Gasteiger partial charge is 0.403 e. The Morgan fingerprint density at radius 3 is 1.62 bits per heavy atom. The number of alkyl halides is 6. The van der Waals surface area contributed by atoms with Gasteiger partial charge in [-0.3, -0.25) is 14.4 Å². The summed E-state index contributed by atoms with van der Waals surface area (Å²) in [6, 6.07) is -4.34. The average molecular weight is 365 g/mol. The minimum atomic E-state index is -5.84. The first-order chi connectivity index (χ1) is 10.6. The van der Waals surface area contributed by atoms with Crippen LogP contribution in [0.4, 0.5) is 26.3 Å². The van der Waals surface area contributed by atoms with Gasteiger partial charge < -0.3 is 15.5 Å². The molecule has 0 aromatic carbocycles. The van der Waals surface area contributed by atoms with E-state index in [2.05, 4.69) is 0 Å². The molecule has 0 aliphatic rings. The van der Waals surface area contributed by atoms with Crippen molar-refractivity contribution in [2.45, 2.75) is 38.3 Å². The van der Waals surface area contributed by atoms with Crippen LogP contribution in [0.15, 0.2) is 0 Å². The van der Waals surface area contributed by atoms with Gasteiger partial charge >= 0.3 is 12.4 Å². The molecule has 0 aliphatic carbocycles. The molecule has 0 heterocycles. The number of nitrogens with one attached hydrogen (secondary N) is 2. The summed E-state index contributed by atoms with van der Waals surface area (Å²) in [5.41, 5.74) is 0. The molecule has 0 fully saturated rings. The normalized spacial score (nSPS) is 14.8. The molecule has 0 saturated carbocycles. The molecule has 0 radical (unpaired) electrons. The third-order valence-electron chi connectivity index (χ3n) is 2.85. The van der Waals surface area contributed by atoms with Gasteiger partial charge in [0.05, 0.1) is 0 Å². The van der Waals surface area contributed by atoms with E-state index in [4.69, 9.17) is 0 Å². The van der Waals surface area contributed by atoms with E-state index in [0.717, 1.165) is 11.8 Å². The van der Waals surface area contributed by atoms with Crippen molar-refractivity contribution >= 4 is 17.7 Å². The van der Waals surface area contributed by atoms with Crippen LogP contribution >= 0.6 is 0 Å². The molecule has 2 N–H and O–H groups in total. The fraction of sp³-hybridized carbons (Fsp3) is 0.750. The molecule has 0 aromatic heterocycles. The van der Waals surface area contributed by atoms with Crippen LogP contribution in [-0.2, 0) is 14.4 Å². The third-order valence-corrected chi connectivity index (χ3v) is 2.85. The maximum atomic E-state index is 12.8. The lowest BCUT2D eigenvalue weighted by molar-refractivity contribution is -0.289. The van der Waals surface area contributed by atoms with Crippen molar-refractivity contribution in [2.24, 2.45) is 5.92 Å². The molecule has 0 aromatic rings. The second-order valence-corrected chi connectivity index (χ2v) is 5.20. The monoisotopic (exact) mass is 365 g/mol. The predicted octanol–water partition coefficient (Wildman–Crippen LogP) is 0.825. The average Bonchev–Trinajstić information content (AvgIpc) is 2.32. The Morgan fingerprint density at radius 1 is 0.917 bits per heavy atom. The SMILES string of the molecule is CC(=O)NC(C(=O)N[C@@H](C)C(=O)N(C)C)C(C(F)(F)F)C(F)(F)F. The summed E-state index contributed by atoms with van der Waals surface area (Å²) in [6.45, 7) is 1.75. The zero-order chi connectivity index (χ0) is 19.5. The van der Waals surface area contributed by atoms with E-state index in [9.17, 15) is 40.7 Å². The van der Waals surface area contributed by atoms with Crippen LogP contribution in [0.1, 0.15) is 13.8 Å². The molecule has 24 heavy (non-hydrogen) atoms. The van der Waals surface area contributed by atoms with Crippen LogP contribution in [-0.4, -0.2) is 61.2 Å². The predicted molar refractivity (Wildman–Crippen MR) is 69.5 cm³/mol. The highest BCUT2D eigenvalue weighted by Gasteiger charge is 2.62. The molecule has 0 spiro atoms. The Balaban J connectivity index is 5.63. The van der Waals surface area contributed by atoms with Crippen molar-refractivity contribution < 1.29 is 40.7 Å². The number of amides is 3. The Kier molecular flexibility index (Phi) is 7.06. The number of hydrogen-bond donors (Lipinski definition) is 2. The summed E-state index contributed by atoms with van der Waals surface area (Å²) in [7, 11) is 2.56. The Bertz CT molecular complexity index is 475. The van der Waals surface area contributed by atoms with E-state index in [1.165, 1.54) is 19.4 Å². The molecule has 3 amide bonds. The lowest BCUT2D eigenvalue weighted by Crippen LogP contribution is -2.60. The van der Waals surface area contributed by atoms with Crippen molar-refractivity contribution in [2.75, 3.05) is 14.1 Å². The second-order valence-electron chi connectivity index (χ2n) is 5.20. The van der Waals surface area contributed by atoms with E-state index in [0.29, 0.717) is 6.92 Å². The van der Waals surface area contributed by atoms with Gasteiger partial charge in [-0.05, 0) is 6.92 Å². The molecule has 2 atom stereocenters. The van der Waals surface area contributed by atoms with E-state index in [1.807, 2.05) is 0 Å². The highest BCUT2D eigenvalue weighted by molar-refractivity contribution is 5.91. The van der Waals surface area contributed by atoms with Crippen LogP contribution in [0.3, 0.4) is 0 Å². The smallest absolute Gasteiger partial charge is 0.347 e. The van der Waals surface area contributed by atoms with Crippen LogP contribution in [0, 0.1) is 5.92 Å². The molecule has 12 heteroatoms. The summed E-state index contributed by atoms with van der Waals surface area (Å²) < 4.78 is 76.6. The first-order valence-corrected chi connectivity index (χ1v) is 6.51. The summed E-state index contributed by atoms with van der Waals surface area (Å²) >= 11 is 0. The van der Waals surface area contributed by atoms with Crippen LogP contribution < -0.4 is 10.6 Å². The first kappa shape index (κ1) is 22.0. The number of hydrogen-bond acceptors (Lipinski definition) is 3. The third kappa shape index (κ3) is 6.24. The van der Waals surface area contributed by atoms with Gasteiger partial charge in [0.1, 0.15) is 12.1 Å². The summed E-state index contributed by atoms with van der Waals surface area (Å²) in [5.74, 6) is -7.90. The van der Waals surface area contributed by atoms with Crippen molar-refractivity contribution in [1.29, 1.82) is 0 Å². The molecule has 140 valence electrons. The van der Waals surface area contributed by atoms with Crippen molar-refractivity contribution in [1.82, 2.24) is 15.5 Å². The molecule has 0 saturated heterocycles. The Labute approximate surface area is 133 Å². The molecule has 0 bridgehead atoms. The van der Waals surface area contributed by atoms with Gasteiger partial charge in [-0.15, -0.1) is 0 Å². The lowest BCUT2D eigenvalue weighted by Gasteiger charge is -2.31. The Morgan fingerprint density at radius 2 is 1.33 bits per heavy atom. The van der Waals surface area contributed by atoms with E-state index < -0.39 is 48.1 Å².